The Morgan fingerprint density at radius 2 is 2.10 bits per heavy atom. The Labute approximate surface area is 171 Å². The molecule has 1 amide bonds. The minimum Gasteiger partial charge on any atom is -0.486 e. The lowest BCUT2D eigenvalue weighted by Crippen LogP contribution is -2.34. The maximum atomic E-state index is 11.9. The van der Waals surface area contributed by atoms with Gasteiger partial charge in [0.25, 0.3) is 5.89 Å². The molecule has 0 bridgehead atoms. The van der Waals surface area contributed by atoms with Crippen molar-refractivity contribution in [3.63, 3.8) is 0 Å². The maximum absolute atomic E-state index is 11.9. The molecule has 0 saturated carbocycles. The zero-order chi connectivity index (χ0) is 20.1. The monoisotopic (exact) mass is 399 g/mol. The number of benzene rings is 1. The average molecular weight is 399 g/mol. The summed E-state index contributed by atoms with van der Waals surface area (Å²) in [7, 11) is 2.20. The first-order chi connectivity index (χ1) is 14.2. The molecule has 1 unspecified atom stereocenters. The van der Waals surface area contributed by atoms with E-state index in [4.69, 9.17) is 13.9 Å². The zero-order valence-electron chi connectivity index (χ0n) is 16.9. The summed E-state index contributed by atoms with van der Waals surface area (Å²) in [6.07, 6.45) is 8.29. The Morgan fingerprint density at radius 1 is 1.24 bits per heavy atom. The van der Waals surface area contributed by atoms with Crippen LogP contribution in [0.4, 0.5) is 0 Å². The van der Waals surface area contributed by atoms with Crippen LogP contribution in [0.1, 0.15) is 41.9 Å². The van der Waals surface area contributed by atoms with Crippen molar-refractivity contribution in [3.05, 3.63) is 42.1 Å². The molecule has 7 heteroatoms. The van der Waals surface area contributed by atoms with E-state index >= 15 is 0 Å². The van der Waals surface area contributed by atoms with Gasteiger partial charge in [0.05, 0.1) is 6.20 Å². The predicted octanol–water partition coefficient (Wildman–Crippen LogP) is 2.91. The van der Waals surface area contributed by atoms with E-state index in [1.807, 2.05) is 6.07 Å². The van der Waals surface area contributed by atoms with Crippen LogP contribution in [0.3, 0.4) is 0 Å². The number of rotatable bonds is 7. The van der Waals surface area contributed by atoms with Crippen molar-refractivity contribution in [1.82, 2.24) is 15.2 Å². The number of nitrogens with zero attached hydrogens (tertiary/aromatic N) is 2. The van der Waals surface area contributed by atoms with Crippen LogP contribution >= 0.6 is 0 Å². The predicted molar refractivity (Wildman–Crippen MR) is 108 cm³/mol. The summed E-state index contributed by atoms with van der Waals surface area (Å²) in [5.41, 5.74) is 1.30. The van der Waals surface area contributed by atoms with Gasteiger partial charge in [-0.25, -0.2) is 4.98 Å². The second-order valence-corrected chi connectivity index (χ2v) is 8.00. The van der Waals surface area contributed by atoms with Gasteiger partial charge in [-0.1, -0.05) is 6.07 Å². The molecule has 1 aromatic heterocycles. The molecule has 1 aromatic carbocycles. The largest absolute Gasteiger partial charge is 0.486 e. The molecule has 0 spiro atoms. The summed E-state index contributed by atoms with van der Waals surface area (Å²) in [6.45, 7) is 3.37. The zero-order valence-corrected chi connectivity index (χ0v) is 16.9. The number of hydrogen-bond donors (Lipinski definition) is 1. The lowest BCUT2D eigenvalue weighted by atomic mass is 9.91. The third-order valence-corrected chi connectivity index (χ3v) is 5.78. The number of aromatic nitrogens is 1. The summed E-state index contributed by atoms with van der Waals surface area (Å²) in [5, 5.41) is 2.79. The van der Waals surface area contributed by atoms with Gasteiger partial charge < -0.3 is 24.1 Å². The molecular formula is C22H29N3O4. The highest BCUT2D eigenvalue weighted by atomic mass is 16.6. The van der Waals surface area contributed by atoms with Crippen molar-refractivity contribution in [3.8, 4) is 11.5 Å². The fourth-order valence-corrected chi connectivity index (χ4v) is 3.94. The summed E-state index contributed by atoms with van der Waals surface area (Å²) < 4.78 is 17.0. The van der Waals surface area contributed by atoms with E-state index in [1.54, 1.807) is 0 Å². The fourth-order valence-electron chi connectivity index (χ4n) is 3.94. The van der Waals surface area contributed by atoms with Crippen molar-refractivity contribution in [1.29, 1.82) is 0 Å². The highest BCUT2D eigenvalue weighted by molar-refractivity contribution is 5.89. The number of likely N-dealkylation sites (tertiary alicyclic amines) is 1. The second kappa shape index (κ2) is 9.31. The standard InChI is InChI=1S/C22H29N3O4/c1-25-11-7-16(8-12-25)2-3-17-4-5-19-20(14-17)29-18(15-28-19)6-9-23-21(26)22-24-10-13-27-22/h4-5,10,13-14,16,18H,2-3,6-9,11-12,15H2,1H3,(H,23,26). The molecule has 0 radical (unpaired) electrons. The Kier molecular flexibility index (Phi) is 6.34. The van der Waals surface area contributed by atoms with E-state index in [9.17, 15) is 4.79 Å². The molecule has 1 saturated heterocycles. The number of fused-ring (bicyclic) bond motifs is 1. The Morgan fingerprint density at radius 3 is 2.90 bits per heavy atom. The van der Waals surface area contributed by atoms with E-state index in [0.29, 0.717) is 19.6 Å². The van der Waals surface area contributed by atoms with E-state index in [-0.39, 0.29) is 17.9 Å². The summed E-state index contributed by atoms with van der Waals surface area (Å²) in [4.78, 5) is 18.1. The molecule has 1 fully saturated rings. The Hall–Kier alpha value is -2.54. The number of carbonyl (C=O) groups is 1. The van der Waals surface area contributed by atoms with Gasteiger partial charge in [-0.2, -0.15) is 0 Å². The maximum Gasteiger partial charge on any atom is 0.307 e. The van der Waals surface area contributed by atoms with E-state index in [0.717, 1.165) is 23.8 Å². The van der Waals surface area contributed by atoms with Crippen LogP contribution in [-0.4, -0.2) is 55.2 Å². The molecule has 2 aliphatic rings. The molecular weight excluding hydrogens is 370 g/mol. The minimum atomic E-state index is -0.316. The smallest absolute Gasteiger partial charge is 0.307 e. The lowest BCUT2D eigenvalue weighted by Gasteiger charge is -2.29. The van der Waals surface area contributed by atoms with Crippen LogP contribution in [0.25, 0.3) is 0 Å². The molecule has 156 valence electrons. The summed E-state index contributed by atoms with van der Waals surface area (Å²) in [6, 6.07) is 6.27. The number of nitrogens with one attached hydrogen (secondary N) is 1. The van der Waals surface area contributed by atoms with Crippen LogP contribution in [0.2, 0.25) is 0 Å². The van der Waals surface area contributed by atoms with Gasteiger partial charge in [0.15, 0.2) is 11.5 Å². The van der Waals surface area contributed by atoms with E-state index in [2.05, 4.69) is 34.4 Å². The highest BCUT2D eigenvalue weighted by Gasteiger charge is 2.22. The molecule has 29 heavy (non-hydrogen) atoms. The Balaban J connectivity index is 1.24. The lowest BCUT2D eigenvalue weighted by molar-refractivity contribution is 0.0800. The molecule has 2 aliphatic heterocycles. The molecule has 1 N–H and O–H groups in total. The van der Waals surface area contributed by atoms with Crippen molar-refractivity contribution in [2.45, 2.75) is 38.2 Å². The topological polar surface area (TPSA) is 76.8 Å². The van der Waals surface area contributed by atoms with Gasteiger partial charge in [-0.3, -0.25) is 4.79 Å². The van der Waals surface area contributed by atoms with Crippen LogP contribution in [-0.2, 0) is 6.42 Å². The third kappa shape index (κ3) is 5.29. The first-order valence-electron chi connectivity index (χ1n) is 10.5. The molecule has 0 aliphatic carbocycles. The second-order valence-electron chi connectivity index (χ2n) is 8.00. The quantitative estimate of drug-likeness (QED) is 0.772. The van der Waals surface area contributed by atoms with Crippen molar-refractivity contribution >= 4 is 5.91 Å². The number of ether oxygens (including phenoxy) is 2. The summed E-state index contributed by atoms with van der Waals surface area (Å²) in [5.74, 6) is 2.18. The molecule has 4 rings (SSSR count). The van der Waals surface area contributed by atoms with Crippen LogP contribution < -0.4 is 14.8 Å². The van der Waals surface area contributed by atoms with Gasteiger partial charge >= 0.3 is 5.91 Å². The molecule has 1 atom stereocenters. The third-order valence-electron chi connectivity index (χ3n) is 5.78. The van der Waals surface area contributed by atoms with Gasteiger partial charge in [0, 0.05) is 13.0 Å². The summed E-state index contributed by atoms with van der Waals surface area (Å²) >= 11 is 0. The van der Waals surface area contributed by atoms with Crippen LogP contribution in [0.5, 0.6) is 11.5 Å². The van der Waals surface area contributed by atoms with Crippen molar-refractivity contribution < 1.29 is 18.7 Å². The first-order valence-corrected chi connectivity index (χ1v) is 10.5. The minimum absolute atomic E-state index is 0.0745. The Bertz CT molecular complexity index is 800. The molecule has 3 heterocycles. The van der Waals surface area contributed by atoms with Crippen molar-refractivity contribution in [2.24, 2.45) is 5.92 Å². The van der Waals surface area contributed by atoms with Gasteiger partial charge in [-0.15, -0.1) is 0 Å². The number of oxazole rings is 1. The van der Waals surface area contributed by atoms with Crippen LogP contribution in [0.15, 0.2) is 35.1 Å². The van der Waals surface area contributed by atoms with Gasteiger partial charge in [-0.05, 0) is 69.4 Å². The van der Waals surface area contributed by atoms with Crippen molar-refractivity contribution in [2.75, 3.05) is 33.3 Å². The SMILES string of the molecule is CN1CCC(CCc2ccc3c(c2)OC(CCNC(=O)c2ncco2)CO3)CC1. The first kappa shape index (κ1) is 19.8. The fraction of sp³-hybridized carbons (Fsp3) is 0.545. The van der Waals surface area contributed by atoms with E-state index in [1.165, 1.54) is 50.4 Å². The number of amides is 1. The van der Waals surface area contributed by atoms with Gasteiger partial charge in [0.2, 0.25) is 0 Å². The highest BCUT2D eigenvalue weighted by Crippen LogP contribution is 2.34. The molecule has 2 aromatic rings. The number of aryl methyl sites for hydroxylation is 1. The van der Waals surface area contributed by atoms with Crippen LogP contribution in [0, 0.1) is 5.92 Å². The van der Waals surface area contributed by atoms with Gasteiger partial charge in [0.1, 0.15) is 19.0 Å². The van der Waals surface area contributed by atoms with E-state index < -0.39 is 0 Å². The molecule has 7 nitrogen and oxygen atoms in total. The normalized spacial score (nSPS) is 19.8. The number of hydrogen-bond acceptors (Lipinski definition) is 6. The average Bonchev–Trinajstić information content (AvgIpc) is 3.28. The number of carbonyl (C=O) groups excluding carboxylic acids is 1. The number of piperidine rings is 1.